The fourth-order valence-electron chi connectivity index (χ4n) is 8.17. The molecule has 1 aromatic heterocycles. The van der Waals surface area contributed by atoms with Crippen molar-refractivity contribution in [3.05, 3.63) is 175 Å². The highest BCUT2D eigenvalue weighted by Crippen LogP contribution is 2.45. The Morgan fingerprint density at radius 3 is 1.47 bits per heavy atom. The zero-order valence-corrected chi connectivity index (χ0v) is 27.5. The molecule has 1 nitrogen and oxygen atoms in total. The lowest BCUT2D eigenvalue weighted by molar-refractivity contribution is 1.18. The van der Waals surface area contributed by atoms with Gasteiger partial charge in [0.2, 0.25) is 0 Å². The van der Waals surface area contributed by atoms with Crippen molar-refractivity contribution in [2.24, 2.45) is 0 Å². The number of hydrogen-bond acceptors (Lipinski definition) is 0. The van der Waals surface area contributed by atoms with Crippen LogP contribution in [0, 0.1) is 13.8 Å². The molecule has 0 aliphatic rings. The first kappa shape index (κ1) is 27.9. The Hall–Kier alpha value is -6.18. The van der Waals surface area contributed by atoms with E-state index in [0.717, 1.165) is 0 Å². The second kappa shape index (κ2) is 10.7. The van der Waals surface area contributed by atoms with E-state index in [-0.39, 0.29) is 0 Å². The maximum atomic E-state index is 2.39. The minimum Gasteiger partial charge on any atom is -0.309 e. The molecule has 230 valence electrons. The van der Waals surface area contributed by atoms with Crippen LogP contribution in [0.2, 0.25) is 0 Å². The van der Waals surface area contributed by atoms with Crippen LogP contribution >= 0.6 is 0 Å². The van der Waals surface area contributed by atoms with Crippen LogP contribution in [-0.2, 0) is 0 Å². The molecule has 0 unspecified atom stereocenters. The van der Waals surface area contributed by atoms with Gasteiger partial charge in [-0.15, -0.1) is 0 Å². The topological polar surface area (TPSA) is 4.93 Å². The summed E-state index contributed by atoms with van der Waals surface area (Å²) in [6.07, 6.45) is 0. The van der Waals surface area contributed by atoms with Crippen LogP contribution in [0.3, 0.4) is 0 Å². The quantitative estimate of drug-likeness (QED) is 0.172. The van der Waals surface area contributed by atoms with Gasteiger partial charge < -0.3 is 4.57 Å². The molecule has 0 radical (unpaired) electrons. The number of benzene rings is 9. The number of aromatic nitrogens is 1. The third-order valence-corrected chi connectivity index (χ3v) is 10.7. The van der Waals surface area contributed by atoms with Crippen molar-refractivity contribution in [2.75, 3.05) is 0 Å². The maximum Gasteiger partial charge on any atom is 0.0541 e. The fourth-order valence-corrected chi connectivity index (χ4v) is 8.17. The summed E-state index contributed by atoms with van der Waals surface area (Å²) in [7, 11) is 0. The normalized spacial score (nSPS) is 11.9. The maximum absolute atomic E-state index is 2.39. The smallest absolute Gasteiger partial charge is 0.0541 e. The van der Waals surface area contributed by atoms with Crippen molar-refractivity contribution in [1.82, 2.24) is 4.57 Å². The van der Waals surface area contributed by atoms with Crippen molar-refractivity contribution in [3.63, 3.8) is 0 Å². The third kappa shape index (κ3) is 4.19. The fraction of sp³-hybridized carbons (Fsp3) is 0.0417. The summed E-state index contributed by atoms with van der Waals surface area (Å²) in [6, 6.07) is 60.6. The van der Waals surface area contributed by atoms with Crippen molar-refractivity contribution < 1.29 is 0 Å². The highest BCUT2D eigenvalue weighted by atomic mass is 15.0. The molecule has 9 aromatic carbocycles. The van der Waals surface area contributed by atoms with E-state index >= 15 is 0 Å². The van der Waals surface area contributed by atoms with Gasteiger partial charge in [-0.3, -0.25) is 0 Å². The van der Waals surface area contributed by atoms with Gasteiger partial charge in [0, 0.05) is 16.5 Å². The molecule has 0 N–H and O–H groups in total. The van der Waals surface area contributed by atoms with Gasteiger partial charge in [-0.1, -0.05) is 140 Å². The van der Waals surface area contributed by atoms with Crippen LogP contribution in [0.4, 0.5) is 0 Å². The third-order valence-electron chi connectivity index (χ3n) is 10.7. The highest BCUT2D eigenvalue weighted by molar-refractivity contribution is 6.28. The summed E-state index contributed by atoms with van der Waals surface area (Å²) in [6.45, 7) is 4.44. The van der Waals surface area contributed by atoms with E-state index in [1.165, 1.54) is 104 Å². The largest absolute Gasteiger partial charge is 0.309 e. The van der Waals surface area contributed by atoms with Crippen LogP contribution in [0.5, 0.6) is 0 Å². The molecule has 0 aliphatic heterocycles. The molecule has 10 rings (SSSR count). The van der Waals surface area contributed by atoms with Crippen LogP contribution in [0.25, 0.3) is 93.2 Å². The number of fused-ring (bicyclic) bond motifs is 3. The summed E-state index contributed by atoms with van der Waals surface area (Å²) in [5, 5.41) is 10.4. The van der Waals surface area contributed by atoms with Crippen molar-refractivity contribution in [1.29, 1.82) is 0 Å². The summed E-state index contributed by atoms with van der Waals surface area (Å²) in [4.78, 5) is 0. The predicted octanol–water partition coefficient (Wildman–Crippen LogP) is 13.3. The monoisotopic (exact) mass is 623 g/mol. The summed E-state index contributed by atoms with van der Waals surface area (Å²) >= 11 is 0. The molecule has 0 saturated heterocycles. The van der Waals surface area contributed by atoms with Crippen LogP contribution in [0.1, 0.15) is 11.1 Å². The SMILES string of the molecule is Cc1cc(-c2ccccc2)c(-c2ccc3ccc4c(-c5ccc(-n6c7ccccc7c7ccccc76)cc5)ccc5ccc2c3c54)cc1C. The van der Waals surface area contributed by atoms with Gasteiger partial charge in [-0.05, 0) is 115 Å². The minimum atomic E-state index is 1.17. The Morgan fingerprint density at radius 2 is 0.837 bits per heavy atom. The van der Waals surface area contributed by atoms with Gasteiger partial charge in [-0.2, -0.15) is 0 Å². The Bertz CT molecular complexity index is 2820. The summed E-state index contributed by atoms with van der Waals surface area (Å²) in [5.74, 6) is 0. The second-order valence-corrected chi connectivity index (χ2v) is 13.4. The molecule has 0 bridgehead atoms. The molecule has 0 amide bonds. The Labute approximate surface area is 285 Å². The first-order chi connectivity index (χ1) is 24.1. The van der Waals surface area contributed by atoms with Gasteiger partial charge >= 0.3 is 0 Å². The number of aryl methyl sites for hydroxylation is 2. The van der Waals surface area contributed by atoms with Crippen molar-refractivity contribution in [2.45, 2.75) is 13.8 Å². The second-order valence-electron chi connectivity index (χ2n) is 13.4. The molecular weight excluding hydrogens is 591 g/mol. The molecule has 1 heteroatoms. The summed E-state index contributed by atoms with van der Waals surface area (Å²) in [5.41, 5.74) is 13.8. The molecule has 1 heterocycles. The van der Waals surface area contributed by atoms with Crippen LogP contribution < -0.4 is 0 Å². The Morgan fingerprint density at radius 1 is 0.347 bits per heavy atom. The van der Waals surface area contributed by atoms with Gasteiger partial charge in [0.15, 0.2) is 0 Å². The van der Waals surface area contributed by atoms with E-state index < -0.39 is 0 Å². The number of hydrogen-bond donors (Lipinski definition) is 0. The van der Waals surface area contributed by atoms with Crippen molar-refractivity contribution >= 4 is 54.1 Å². The molecule has 0 saturated carbocycles. The molecule has 0 spiro atoms. The number of rotatable bonds is 4. The molecule has 49 heavy (non-hydrogen) atoms. The number of para-hydroxylation sites is 2. The van der Waals surface area contributed by atoms with Gasteiger partial charge in [-0.25, -0.2) is 0 Å². The molecule has 10 aromatic rings. The van der Waals surface area contributed by atoms with E-state index in [1.54, 1.807) is 0 Å². The van der Waals surface area contributed by atoms with Crippen LogP contribution in [-0.4, -0.2) is 4.57 Å². The minimum absolute atomic E-state index is 1.17. The first-order valence-electron chi connectivity index (χ1n) is 17.1. The lowest BCUT2D eigenvalue weighted by Crippen LogP contribution is -1.94. The predicted molar refractivity (Wildman–Crippen MR) is 210 cm³/mol. The van der Waals surface area contributed by atoms with Gasteiger partial charge in [0.1, 0.15) is 0 Å². The van der Waals surface area contributed by atoms with E-state index in [9.17, 15) is 0 Å². The van der Waals surface area contributed by atoms with E-state index in [0.29, 0.717) is 0 Å². The van der Waals surface area contributed by atoms with E-state index in [1.807, 2.05) is 0 Å². The Kier molecular flexibility index (Phi) is 6.07. The molecular formula is C48H33N. The average molecular weight is 624 g/mol. The first-order valence-corrected chi connectivity index (χ1v) is 17.1. The molecule has 0 fully saturated rings. The zero-order chi connectivity index (χ0) is 32.6. The lowest BCUT2D eigenvalue weighted by atomic mass is 9.85. The lowest BCUT2D eigenvalue weighted by Gasteiger charge is -2.19. The average Bonchev–Trinajstić information content (AvgIpc) is 3.49. The highest BCUT2D eigenvalue weighted by Gasteiger charge is 2.18. The summed E-state index contributed by atoms with van der Waals surface area (Å²) < 4.78 is 2.39. The van der Waals surface area contributed by atoms with E-state index in [4.69, 9.17) is 0 Å². The molecule has 0 atom stereocenters. The standard InChI is InChI=1S/C48H33N/c1-30-28-43(32-10-4-3-5-11-32)44(29-31(30)2)38-25-19-35-20-26-41-37(24-18-34-21-27-42(38)48(35)47(34)41)33-16-22-36(23-17-33)49-45-14-8-6-12-39(45)40-13-7-9-15-46(40)49/h3-29H,1-2H3. The number of nitrogens with zero attached hydrogens (tertiary/aromatic N) is 1. The van der Waals surface area contributed by atoms with Gasteiger partial charge in [0.25, 0.3) is 0 Å². The van der Waals surface area contributed by atoms with Gasteiger partial charge in [0.05, 0.1) is 11.0 Å². The van der Waals surface area contributed by atoms with E-state index in [2.05, 4.69) is 182 Å². The Balaban J connectivity index is 1.16. The molecule has 0 aliphatic carbocycles. The zero-order valence-electron chi connectivity index (χ0n) is 27.5. The van der Waals surface area contributed by atoms with Crippen LogP contribution in [0.15, 0.2) is 164 Å². The van der Waals surface area contributed by atoms with Crippen molar-refractivity contribution in [3.8, 4) is 39.1 Å².